The van der Waals surface area contributed by atoms with Gasteiger partial charge in [-0.3, -0.25) is 0 Å². The Balaban J connectivity index is 0.00000289. The third-order valence-corrected chi connectivity index (χ3v) is 5.01. The zero-order chi connectivity index (χ0) is 21.8. The average Bonchev–Trinajstić information content (AvgIpc) is 2.79. The molecule has 0 unspecified atom stereocenters. The highest BCUT2D eigenvalue weighted by atomic mass is 35.5. The number of halogens is 2. The van der Waals surface area contributed by atoms with E-state index in [-0.39, 0.29) is 24.3 Å². The molecule has 2 heterocycles. The minimum Gasteiger partial charge on any atom is -0.493 e. The second-order valence-corrected chi connectivity index (χ2v) is 7.14. The third-order valence-electron chi connectivity index (χ3n) is 5.01. The Kier molecular flexibility index (Phi) is 7.74. The number of hydrogen-bond acceptors (Lipinski definition) is 7. The molecular formula is C23H25ClFN3O4. The smallest absolute Gasteiger partial charge is 0.161 e. The summed E-state index contributed by atoms with van der Waals surface area (Å²) < 4.78 is 36.8. The first-order chi connectivity index (χ1) is 15.0. The Hall–Kier alpha value is -3.07. The normalized spacial score (nSPS) is 15.6. The summed E-state index contributed by atoms with van der Waals surface area (Å²) in [4.78, 5) is 4.25. The van der Waals surface area contributed by atoms with Crippen molar-refractivity contribution in [3.05, 3.63) is 54.5 Å². The zero-order valence-electron chi connectivity index (χ0n) is 17.5. The van der Waals surface area contributed by atoms with Crippen molar-refractivity contribution in [3.63, 3.8) is 0 Å². The molecule has 2 aromatic carbocycles. The Bertz CT molecular complexity index is 1080. The van der Waals surface area contributed by atoms with Crippen molar-refractivity contribution in [1.29, 1.82) is 0 Å². The molecule has 170 valence electrons. The highest BCUT2D eigenvalue weighted by Crippen LogP contribution is 2.36. The van der Waals surface area contributed by atoms with Crippen LogP contribution in [0.1, 0.15) is 0 Å². The molecule has 4 rings (SSSR count). The summed E-state index contributed by atoms with van der Waals surface area (Å²) >= 11 is 0. The van der Waals surface area contributed by atoms with Crippen LogP contribution in [0.5, 0.6) is 11.5 Å². The fourth-order valence-corrected chi connectivity index (χ4v) is 3.38. The van der Waals surface area contributed by atoms with E-state index in [4.69, 9.17) is 30.4 Å². The number of pyridine rings is 1. The number of hydrogen-bond donors (Lipinski definition) is 2. The number of nitrogens with two attached hydrogens (primary N) is 2. The molecule has 1 fully saturated rings. The fraction of sp³-hybridized carbons (Fsp3) is 0.261. The van der Waals surface area contributed by atoms with Crippen LogP contribution in [-0.4, -0.2) is 44.6 Å². The number of nitrogen functional groups attached to an aromatic ring is 2. The molecule has 0 aliphatic carbocycles. The standard InChI is InChI=1S/C23H24FN3O4.ClH/c1-28-22-9-14(2-5-21(22)31-13-17-12-29-6-7-30-17)15-8-19(23(26)27-11-15)18-4-3-16(25)10-20(18)24;/h2-5,8-11,17H,6-7,12-13,25H2,1H3,(H2,26,27);1H/t17-;/m1./s1. The van der Waals surface area contributed by atoms with Gasteiger partial charge in [-0.2, -0.15) is 0 Å². The first kappa shape index (κ1) is 23.6. The minimum atomic E-state index is -0.458. The van der Waals surface area contributed by atoms with Crippen LogP contribution in [-0.2, 0) is 9.47 Å². The Morgan fingerprint density at radius 2 is 1.88 bits per heavy atom. The average molecular weight is 462 g/mol. The summed E-state index contributed by atoms with van der Waals surface area (Å²) in [6.45, 7) is 2.03. The van der Waals surface area contributed by atoms with Gasteiger partial charge in [-0.05, 0) is 42.0 Å². The monoisotopic (exact) mass is 461 g/mol. The van der Waals surface area contributed by atoms with Gasteiger partial charge < -0.3 is 30.4 Å². The maximum Gasteiger partial charge on any atom is 0.161 e. The van der Waals surface area contributed by atoms with E-state index >= 15 is 0 Å². The van der Waals surface area contributed by atoms with Crippen molar-refractivity contribution in [3.8, 4) is 33.8 Å². The number of rotatable bonds is 6. The van der Waals surface area contributed by atoms with Gasteiger partial charge in [-0.25, -0.2) is 9.37 Å². The van der Waals surface area contributed by atoms with Crippen molar-refractivity contribution < 1.29 is 23.3 Å². The molecule has 1 atom stereocenters. The van der Waals surface area contributed by atoms with E-state index in [1.54, 1.807) is 31.5 Å². The van der Waals surface area contributed by atoms with E-state index in [0.717, 1.165) is 11.1 Å². The SMILES string of the molecule is COc1cc(-c2cnc(N)c(-c3ccc(N)cc3F)c2)ccc1OC[C@H]1COCCO1.Cl. The summed E-state index contributed by atoms with van der Waals surface area (Å²) in [6, 6.07) is 11.8. The minimum absolute atomic E-state index is 0. The highest BCUT2D eigenvalue weighted by Gasteiger charge is 2.17. The highest BCUT2D eigenvalue weighted by molar-refractivity contribution is 5.85. The van der Waals surface area contributed by atoms with E-state index in [0.29, 0.717) is 54.7 Å². The van der Waals surface area contributed by atoms with Gasteiger partial charge in [0.15, 0.2) is 11.5 Å². The van der Waals surface area contributed by atoms with Gasteiger partial charge in [-0.15, -0.1) is 12.4 Å². The lowest BCUT2D eigenvalue weighted by Crippen LogP contribution is -2.33. The zero-order valence-corrected chi connectivity index (χ0v) is 18.4. The van der Waals surface area contributed by atoms with Gasteiger partial charge in [0.25, 0.3) is 0 Å². The molecule has 0 bridgehead atoms. The van der Waals surface area contributed by atoms with Gasteiger partial charge >= 0.3 is 0 Å². The van der Waals surface area contributed by atoms with Crippen molar-refractivity contribution >= 4 is 23.9 Å². The largest absolute Gasteiger partial charge is 0.493 e. The van der Waals surface area contributed by atoms with Crippen molar-refractivity contribution in [1.82, 2.24) is 4.98 Å². The van der Waals surface area contributed by atoms with Crippen LogP contribution in [0.25, 0.3) is 22.3 Å². The first-order valence-corrected chi connectivity index (χ1v) is 9.86. The van der Waals surface area contributed by atoms with Crippen LogP contribution in [0.15, 0.2) is 48.7 Å². The van der Waals surface area contributed by atoms with Gasteiger partial charge in [0.05, 0.1) is 26.9 Å². The lowest BCUT2D eigenvalue weighted by Gasteiger charge is -2.23. The summed E-state index contributed by atoms with van der Waals surface area (Å²) in [5, 5.41) is 0. The van der Waals surface area contributed by atoms with Crippen LogP contribution in [0.4, 0.5) is 15.9 Å². The molecular weight excluding hydrogens is 437 g/mol. The summed E-state index contributed by atoms with van der Waals surface area (Å²) in [6.07, 6.45) is 1.52. The second kappa shape index (κ2) is 10.5. The quantitative estimate of drug-likeness (QED) is 0.536. The number of nitrogens with zero attached hydrogens (tertiary/aromatic N) is 1. The van der Waals surface area contributed by atoms with Gasteiger partial charge in [-0.1, -0.05) is 6.07 Å². The first-order valence-electron chi connectivity index (χ1n) is 9.86. The number of benzene rings is 2. The van der Waals surface area contributed by atoms with E-state index in [2.05, 4.69) is 4.98 Å². The lowest BCUT2D eigenvalue weighted by molar-refractivity contribution is -0.101. The topological polar surface area (TPSA) is 102 Å². The molecule has 1 aromatic heterocycles. The van der Waals surface area contributed by atoms with E-state index in [1.807, 2.05) is 18.2 Å². The predicted molar refractivity (Wildman–Crippen MR) is 124 cm³/mol. The molecule has 1 aliphatic rings. The van der Waals surface area contributed by atoms with Gasteiger partial charge in [0.2, 0.25) is 0 Å². The molecule has 0 saturated carbocycles. The van der Waals surface area contributed by atoms with Crippen molar-refractivity contribution in [2.45, 2.75) is 6.10 Å². The van der Waals surface area contributed by atoms with E-state index in [9.17, 15) is 4.39 Å². The lowest BCUT2D eigenvalue weighted by atomic mass is 10.00. The Morgan fingerprint density at radius 1 is 1.03 bits per heavy atom. The molecule has 0 radical (unpaired) electrons. The van der Waals surface area contributed by atoms with Crippen LogP contribution in [0, 0.1) is 5.82 Å². The molecule has 1 aliphatic heterocycles. The molecule has 0 amide bonds. The third kappa shape index (κ3) is 5.21. The van der Waals surface area contributed by atoms with Crippen LogP contribution in [0.2, 0.25) is 0 Å². The van der Waals surface area contributed by atoms with Crippen molar-refractivity contribution in [2.75, 3.05) is 45.0 Å². The Labute approximate surface area is 191 Å². The maximum atomic E-state index is 14.4. The molecule has 7 nitrogen and oxygen atoms in total. The van der Waals surface area contributed by atoms with Gasteiger partial charge in [0.1, 0.15) is 24.3 Å². The fourth-order valence-electron chi connectivity index (χ4n) is 3.38. The molecule has 0 spiro atoms. The number of anilines is 2. The van der Waals surface area contributed by atoms with E-state index < -0.39 is 5.82 Å². The maximum absolute atomic E-state index is 14.4. The molecule has 3 aromatic rings. The van der Waals surface area contributed by atoms with E-state index in [1.165, 1.54) is 6.07 Å². The Morgan fingerprint density at radius 3 is 2.59 bits per heavy atom. The molecule has 1 saturated heterocycles. The molecule has 9 heteroatoms. The van der Waals surface area contributed by atoms with Crippen LogP contribution >= 0.6 is 12.4 Å². The number of methoxy groups -OCH3 is 1. The second-order valence-electron chi connectivity index (χ2n) is 7.14. The summed E-state index contributed by atoms with van der Waals surface area (Å²) in [5.74, 6) is 0.926. The molecule has 4 N–H and O–H groups in total. The summed E-state index contributed by atoms with van der Waals surface area (Å²) in [5.41, 5.74) is 14.4. The molecule has 32 heavy (non-hydrogen) atoms. The van der Waals surface area contributed by atoms with Crippen molar-refractivity contribution in [2.24, 2.45) is 0 Å². The number of aromatic nitrogens is 1. The summed E-state index contributed by atoms with van der Waals surface area (Å²) in [7, 11) is 1.57. The van der Waals surface area contributed by atoms with Crippen LogP contribution < -0.4 is 20.9 Å². The van der Waals surface area contributed by atoms with Gasteiger partial charge in [0, 0.05) is 28.6 Å². The predicted octanol–water partition coefficient (Wildman–Crippen LogP) is 3.94. The van der Waals surface area contributed by atoms with Crippen LogP contribution in [0.3, 0.4) is 0 Å². The number of ether oxygens (including phenoxy) is 4.